The lowest BCUT2D eigenvalue weighted by molar-refractivity contribution is -0.0579. The summed E-state index contributed by atoms with van der Waals surface area (Å²) in [5.41, 5.74) is -0.270. The molecule has 0 aromatic carbocycles. The Balaban J connectivity index is 2.01. The summed E-state index contributed by atoms with van der Waals surface area (Å²) in [6.45, 7) is 12.8. The van der Waals surface area contributed by atoms with Crippen LogP contribution in [-0.2, 0) is 0 Å². The molecule has 0 N–H and O–H groups in total. The fourth-order valence-corrected chi connectivity index (χ4v) is 4.22. The van der Waals surface area contributed by atoms with Crippen LogP contribution in [-0.4, -0.2) is 12.3 Å². The van der Waals surface area contributed by atoms with Gasteiger partial charge in [-0.25, -0.2) is 8.78 Å². The summed E-state index contributed by atoms with van der Waals surface area (Å²) in [4.78, 5) is 0. The average Bonchev–Trinajstić information content (AvgIpc) is 2.49. The van der Waals surface area contributed by atoms with Crippen LogP contribution in [0, 0.1) is 46.3 Å². The molecule has 0 saturated heterocycles. The highest BCUT2D eigenvalue weighted by atomic mass is 19.2. The van der Waals surface area contributed by atoms with Gasteiger partial charge < -0.3 is 0 Å². The Labute approximate surface area is 148 Å². The lowest BCUT2D eigenvalue weighted by Gasteiger charge is -2.49. The molecule has 2 saturated carbocycles. The van der Waals surface area contributed by atoms with Gasteiger partial charge in [0.2, 0.25) is 0 Å². The first-order chi connectivity index (χ1) is 11.0. The molecule has 0 heterocycles. The molecule has 0 aromatic heterocycles. The monoisotopic (exact) mass is 338 g/mol. The van der Waals surface area contributed by atoms with E-state index in [-0.39, 0.29) is 16.7 Å². The summed E-state index contributed by atoms with van der Waals surface area (Å²) in [6.07, 6.45) is 3.30. The van der Waals surface area contributed by atoms with Gasteiger partial charge >= 0.3 is 0 Å². The van der Waals surface area contributed by atoms with Crippen molar-refractivity contribution in [1.82, 2.24) is 0 Å². The van der Waals surface area contributed by atoms with Crippen LogP contribution in [0.2, 0.25) is 0 Å². The van der Waals surface area contributed by atoms with E-state index in [1.807, 2.05) is 0 Å². The van der Waals surface area contributed by atoms with Gasteiger partial charge in [0.1, 0.15) is 12.3 Å². The van der Waals surface area contributed by atoms with Crippen LogP contribution in [0.4, 0.5) is 8.78 Å². The average molecular weight is 339 g/mol. The Kier molecular flexibility index (Phi) is 6.04. The molecule has 0 spiro atoms. The van der Waals surface area contributed by atoms with Crippen molar-refractivity contribution in [3.05, 3.63) is 0 Å². The standard InChI is InChI=1S/C22H36F2/c1-15-7-9-16(10-8-15)11-12-17-13-14-18(20(24)19(17)23)22(5,6)21(2,3)4/h15-20H,7-10,13-14H2,1-6H3. The number of rotatable bonds is 1. The quantitative estimate of drug-likeness (QED) is 0.473. The lowest BCUT2D eigenvalue weighted by atomic mass is 9.57. The minimum atomic E-state index is -1.43. The first-order valence-electron chi connectivity index (χ1n) is 9.83. The minimum Gasteiger partial charge on any atom is -0.244 e. The summed E-state index contributed by atoms with van der Waals surface area (Å²) in [5.74, 6) is 6.98. The zero-order chi connectivity index (χ0) is 18.1. The van der Waals surface area contributed by atoms with E-state index in [4.69, 9.17) is 0 Å². The SMILES string of the molecule is CC1CCC(C#CC2CCC(C(C)(C)C(C)(C)C)C(F)C2F)CC1. The normalized spacial score (nSPS) is 38.3. The summed E-state index contributed by atoms with van der Waals surface area (Å²) >= 11 is 0. The van der Waals surface area contributed by atoms with E-state index in [0.717, 1.165) is 25.2 Å². The highest BCUT2D eigenvalue weighted by molar-refractivity contribution is 5.13. The van der Waals surface area contributed by atoms with E-state index in [0.29, 0.717) is 12.3 Å². The van der Waals surface area contributed by atoms with Crippen LogP contribution >= 0.6 is 0 Å². The summed E-state index contributed by atoms with van der Waals surface area (Å²) in [5, 5.41) is 0. The van der Waals surface area contributed by atoms with E-state index in [1.165, 1.54) is 12.8 Å². The molecule has 0 aliphatic heterocycles. The second kappa shape index (κ2) is 7.35. The molecule has 4 atom stereocenters. The van der Waals surface area contributed by atoms with E-state index in [1.54, 1.807) is 0 Å². The topological polar surface area (TPSA) is 0 Å². The third-order valence-electron chi connectivity index (χ3n) is 7.21. The van der Waals surface area contributed by atoms with Crippen LogP contribution in [0.15, 0.2) is 0 Å². The number of hydrogen-bond donors (Lipinski definition) is 0. The van der Waals surface area contributed by atoms with Crippen molar-refractivity contribution in [3.8, 4) is 11.8 Å². The highest BCUT2D eigenvalue weighted by Crippen LogP contribution is 2.51. The van der Waals surface area contributed by atoms with Gasteiger partial charge in [-0.15, -0.1) is 0 Å². The van der Waals surface area contributed by atoms with Crippen LogP contribution in [0.3, 0.4) is 0 Å². The number of alkyl halides is 2. The van der Waals surface area contributed by atoms with Gasteiger partial charge in [0.05, 0.1) is 5.92 Å². The zero-order valence-electron chi connectivity index (χ0n) is 16.5. The lowest BCUT2D eigenvalue weighted by Crippen LogP contribution is -2.48. The molecule has 4 unspecified atom stereocenters. The smallest absolute Gasteiger partial charge is 0.145 e. The molecule has 24 heavy (non-hydrogen) atoms. The molecule has 2 rings (SSSR count). The largest absolute Gasteiger partial charge is 0.244 e. The van der Waals surface area contributed by atoms with Gasteiger partial charge in [-0.05, 0) is 61.2 Å². The maximum Gasteiger partial charge on any atom is 0.145 e. The molecule has 0 nitrogen and oxygen atoms in total. The van der Waals surface area contributed by atoms with Crippen LogP contribution < -0.4 is 0 Å². The van der Waals surface area contributed by atoms with Crippen LogP contribution in [0.1, 0.15) is 80.1 Å². The molecule has 0 amide bonds. The van der Waals surface area contributed by atoms with Crippen molar-refractivity contribution in [2.24, 2.45) is 34.5 Å². The molecule has 2 heteroatoms. The van der Waals surface area contributed by atoms with Gasteiger partial charge in [0.25, 0.3) is 0 Å². The molecule has 138 valence electrons. The molecule has 0 aromatic rings. The van der Waals surface area contributed by atoms with Gasteiger partial charge in [0.15, 0.2) is 0 Å². The number of halogens is 2. The molecule has 0 bridgehead atoms. The van der Waals surface area contributed by atoms with Crippen molar-refractivity contribution >= 4 is 0 Å². The van der Waals surface area contributed by atoms with Crippen molar-refractivity contribution in [2.75, 3.05) is 0 Å². The van der Waals surface area contributed by atoms with Gasteiger partial charge in [-0.2, -0.15) is 0 Å². The maximum absolute atomic E-state index is 14.9. The van der Waals surface area contributed by atoms with Gasteiger partial charge in [-0.3, -0.25) is 0 Å². The van der Waals surface area contributed by atoms with E-state index < -0.39 is 18.3 Å². The third kappa shape index (κ3) is 4.14. The fraction of sp³-hybridized carbons (Fsp3) is 0.909. The molecular weight excluding hydrogens is 302 g/mol. The van der Waals surface area contributed by atoms with Gasteiger partial charge in [0, 0.05) is 5.92 Å². The van der Waals surface area contributed by atoms with E-state index in [2.05, 4.69) is 53.4 Å². The maximum atomic E-state index is 14.9. The van der Waals surface area contributed by atoms with Crippen molar-refractivity contribution < 1.29 is 8.78 Å². The Morgan fingerprint density at radius 1 is 0.750 bits per heavy atom. The Hall–Kier alpha value is -0.580. The first-order valence-corrected chi connectivity index (χ1v) is 9.83. The zero-order valence-corrected chi connectivity index (χ0v) is 16.5. The Morgan fingerprint density at radius 2 is 1.33 bits per heavy atom. The van der Waals surface area contributed by atoms with Crippen molar-refractivity contribution in [2.45, 2.75) is 92.4 Å². The van der Waals surface area contributed by atoms with E-state index >= 15 is 0 Å². The third-order valence-corrected chi connectivity index (χ3v) is 7.21. The first kappa shape index (κ1) is 19.7. The second-order valence-electron chi connectivity index (χ2n) is 9.90. The summed E-state index contributed by atoms with van der Waals surface area (Å²) in [6, 6.07) is 0. The molecule has 2 aliphatic rings. The highest BCUT2D eigenvalue weighted by Gasteiger charge is 2.50. The summed E-state index contributed by atoms with van der Waals surface area (Å²) in [7, 11) is 0. The molecule has 2 aliphatic carbocycles. The van der Waals surface area contributed by atoms with Crippen LogP contribution in [0.25, 0.3) is 0 Å². The fourth-order valence-electron chi connectivity index (χ4n) is 4.22. The predicted octanol–water partition coefficient (Wildman–Crippen LogP) is 6.59. The van der Waals surface area contributed by atoms with Crippen molar-refractivity contribution in [3.63, 3.8) is 0 Å². The summed E-state index contributed by atoms with van der Waals surface area (Å²) < 4.78 is 29.6. The van der Waals surface area contributed by atoms with Gasteiger partial charge in [-0.1, -0.05) is 53.4 Å². The van der Waals surface area contributed by atoms with E-state index in [9.17, 15) is 8.78 Å². The number of hydrogen-bond acceptors (Lipinski definition) is 0. The Bertz CT molecular complexity index is 468. The van der Waals surface area contributed by atoms with Crippen LogP contribution in [0.5, 0.6) is 0 Å². The molecular formula is C22H36F2. The minimum absolute atomic E-state index is 0.0426. The Morgan fingerprint density at radius 3 is 1.88 bits per heavy atom. The molecule has 2 fully saturated rings. The van der Waals surface area contributed by atoms with Crippen molar-refractivity contribution in [1.29, 1.82) is 0 Å². The second-order valence-corrected chi connectivity index (χ2v) is 9.90. The molecule has 0 radical (unpaired) electrons. The predicted molar refractivity (Wildman–Crippen MR) is 98.1 cm³/mol.